The molecule has 2 aliphatic rings. The van der Waals surface area contributed by atoms with Crippen molar-refractivity contribution >= 4 is 0 Å². The zero-order valence-corrected chi connectivity index (χ0v) is 13.7. The lowest BCUT2D eigenvalue weighted by Crippen LogP contribution is -2.42. The van der Waals surface area contributed by atoms with E-state index in [9.17, 15) is 5.11 Å². The second-order valence-corrected chi connectivity index (χ2v) is 6.13. The van der Waals surface area contributed by atoms with Crippen molar-refractivity contribution in [2.45, 2.75) is 19.1 Å². The summed E-state index contributed by atoms with van der Waals surface area (Å²) in [5, 5.41) is 10.8. The van der Waals surface area contributed by atoms with E-state index in [1.165, 1.54) is 11.3 Å². The van der Waals surface area contributed by atoms with Gasteiger partial charge in [-0.25, -0.2) is 0 Å². The molecule has 1 N–H and O–H groups in total. The van der Waals surface area contributed by atoms with E-state index in [2.05, 4.69) is 54.3 Å². The number of benzene rings is 1. The van der Waals surface area contributed by atoms with E-state index in [0.29, 0.717) is 0 Å². The van der Waals surface area contributed by atoms with E-state index in [1.54, 1.807) is 12.2 Å². The van der Waals surface area contributed by atoms with Crippen LogP contribution in [-0.2, 0) is 6.54 Å². The Morgan fingerprint density at radius 2 is 1.96 bits per heavy atom. The quantitative estimate of drug-likeness (QED) is 0.926. The molecule has 23 heavy (non-hydrogen) atoms. The number of nitrogens with zero attached hydrogens (tertiary/aromatic N) is 2. The molecule has 3 heteroatoms. The monoisotopic (exact) mass is 308 g/mol. The second kappa shape index (κ2) is 6.57. The Labute approximate surface area is 138 Å². The summed E-state index contributed by atoms with van der Waals surface area (Å²) in [6.07, 6.45) is 3.92. The first-order valence-electron chi connectivity index (χ1n) is 8.04. The lowest BCUT2D eigenvalue weighted by molar-refractivity contribution is 0.185. The number of hydrogen-bond donors (Lipinski definition) is 1. The van der Waals surface area contributed by atoms with Crippen molar-refractivity contribution in [1.29, 1.82) is 0 Å². The molecule has 1 aromatic carbocycles. The van der Waals surface area contributed by atoms with Crippen LogP contribution in [0.4, 0.5) is 0 Å². The van der Waals surface area contributed by atoms with E-state index in [4.69, 9.17) is 0 Å². The van der Waals surface area contributed by atoms with E-state index < -0.39 is 6.10 Å². The molecular formula is C20H24N2O. The number of hydrogen-bond acceptors (Lipinski definition) is 3. The minimum atomic E-state index is -0.578. The Kier molecular flexibility index (Phi) is 4.51. The zero-order valence-electron chi connectivity index (χ0n) is 13.7. The van der Waals surface area contributed by atoms with Gasteiger partial charge < -0.3 is 10.0 Å². The third-order valence-corrected chi connectivity index (χ3v) is 4.78. The molecule has 0 saturated heterocycles. The van der Waals surface area contributed by atoms with Gasteiger partial charge in [-0.3, -0.25) is 4.90 Å². The molecule has 0 saturated carbocycles. The maximum absolute atomic E-state index is 10.8. The van der Waals surface area contributed by atoms with Crippen LogP contribution in [0.15, 0.2) is 78.2 Å². The fraction of sp³-hybridized carbons (Fsp3) is 0.300. The van der Waals surface area contributed by atoms with Crippen LogP contribution in [0.1, 0.15) is 12.0 Å². The predicted molar refractivity (Wildman–Crippen MR) is 94.6 cm³/mol. The minimum absolute atomic E-state index is 0.578. The molecule has 1 unspecified atom stereocenters. The maximum atomic E-state index is 10.8. The fourth-order valence-corrected chi connectivity index (χ4v) is 3.58. The van der Waals surface area contributed by atoms with E-state index in [0.717, 1.165) is 42.9 Å². The zero-order chi connectivity index (χ0) is 16.4. The van der Waals surface area contributed by atoms with Crippen LogP contribution in [0.25, 0.3) is 0 Å². The highest BCUT2D eigenvalue weighted by Crippen LogP contribution is 2.35. The summed E-state index contributed by atoms with van der Waals surface area (Å²) in [6.45, 7) is 10.4. The Hall–Kier alpha value is -2.10. The molecular weight excluding hydrogens is 284 g/mol. The second-order valence-electron chi connectivity index (χ2n) is 6.13. The molecule has 0 aliphatic carbocycles. The molecule has 0 aromatic heterocycles. The van der Waals surface area contributed by atoms with Crippen molar-refractivity contribution in [3.05, 3.63) is 83.7 Å². The molecule has 0 bridgehead atoms. The van der Waals surface area contributed by atoms with Crippen molar-refractivity contribution in [2.75, 3.05) is 20.1 Å². The van der Waals surface area contributed by atoms with Gasteiger partial charge in [0, 0.05) is 50.1 Å². The summed E-state index contributed by atoms with van der Waals surface area (Å²) in [5.41, 5.74) is 5.43. The van der Waals surface area contributed by atoms with Gasteiger partial charge in [0.1, 0.15) is 6.10 Å². The highest BCUT2D eigenvalue weighted by atomic mass is 16.3. The average molecular weight is 308 g/mol. The van der Waals surface area contributed by atoms with Gasteiger partial charge in [-0.1, -0.05) is 49.6 Å². The molecule has 0 radical (unpaired) electrons. The van der Waals surface area contributed by atoms with Crippen molar-refractivity contribution in [3.63, 3.8) is 0 Å². The Morgan fingerprint density at radius 1 is 1.22 bits per heavy atom. The van der Waals surface area contributed by atoms with Gasteiger partial charge in [-0.2, -0.15) is 0 Å². The molecule has 3 rings (SSSR count). The first-order valence-corrected chi connectivity index (χ1v) is 8.04. The van der Waals surface area contributed by atoms with Crippen LogP contribution in [0.5, 0.6) is 0 Å². The summed E-state index contributed by atoms with van der Waals surface area (Å²) >= 11 is 0. The fourth-order valence-electron chi connectivity index (χ4n) is 3.58. The Morgan fingerprint density at radius 3 is 2.61 bits per heavy atom. The summed E-state index contributed by atoms with van der Waals surface area (Å²) in [4.78, 5) is 4.55. The van der Waals surface area contributed by atoms with Crippen molar-refractivity contribution in [1.82, 2.24) is 9.80 Å². The number of likely N-dealkylation sites (N-methyl/N-ethyl adjacent to an activating group) is 1. The van der Waals surface area contributed by atoms with E-state index >= 15 is 0 Å². The van der Waals surface area contributed by atoms with Gasteiger partial charge in [0.25, 0.3) is 0 Å². The molecule has 1 atom stereocenters. The SMILES string of the molecule is C=CC1=C(C=C)N(C)C2=C(CN(Cc3ccccc3)CC2)C1O. The number of rotatable bonds is 4. The van der Waals surface area contributed by atoms with E-state index in [1.807, 2.05) is 6.07 Å². The first-order chi connectivity index (χ1) is 11.2. The van der Waals surface area contributed by atoms with Gasteiger partial charge >= 0.3 is 0 Å². The molecule has 3 nitrogen and oxygen atoms in total. The van der Waals surface area contributed by atoms with Crippen molar-refractivity contribution < 1.29 is 5.11 Å². The smallest absolute Gasteiger partial charge is 0.105 e. The third-order valence-electron chi connectivity index (χ3n) is 4.78. The molecule has 0 amide bonds. The minimum Gasteiger partial charge on any atom is -0.384 e. The highest BCUT2D eigenvalue weighted by molar-refractivity contribution is 5.47. The first kappa shape index (κ1) is 15.8. The van der Waals surface area contributed by atoms with Gasteiger partial charge in [0.15, 0.2) is 0 Å². The summed E-state index contributed by atoms with van der Waals surface area (Å²) < 4.78 is 0. The summed E-state index contributed by atoms with van der Waals surface area (Å²) in [6, 6.07) is 10.5. The van der Waals surface area contributed by atoms with Crippen molar-refractivity contribution in [2.24, 2.45) is 0 Å². The lowest BCUT2D eigenvalue weighted by atomic mass is 9.89. The molecule has 120 valence electrons. The van der Waals surface area contributed by atoms with Crippen molar-refractivity contribution in [3.8, 4) is 0 Å². The Bertz CT molecular complexity index is 672. The molecule has 2 aliphatic heterocycles. The maximum Gasteiger partial charge on any atom is 0.105 e. The summed E-state index contributed by atoms with van der Waals surface area (Å²) in [5.74, 6) is 0. The van der Waals surface area contributed by atoms with Gasteiger partial charge in [0.2, 0.25) is 0 Å². The van der Waals surface area contributed by atoms with Crippen LogP contribution in [-0.4, -0.2) is 41.1 Å². The highest BCUT2D eigenvalue weighted by Gasteiger charge is 2.33. The average Bonchev–Trinajstić information content (AvgIpc) is 2.58. The van der Waals surface area contributed by atoms with Crippen LogP contribution in [0.3, 0.4) is 0 Å². The van der Waals surface area contributed by atoms with Crippen LogP contribution >= 0.6 is 0 Å². The lowest BCUT2D eigenvalue weighted by Gasteiger charge is -2.41. The van der Waals surface area contributed by atoms with E-state index in [-0.39, 0.29) is 0 Å². The Balaban J connectivity index is 1.83. The number of aliphatic hydroxyl groups excluding tert-OH is 1. The number of allylic oxidation sites excluding steroid dienone is 1. The van der Waals surface area contributed by atoms with Gasteiger partial charge in [0.05, 0.1) is 0 Å². The summed E-state index contributed by atoms with van der Waals surface area (Å²) in [7, 11) is 2.05. The number of aliphatic hydroxyl groups is 1. The molecule has 0 fully saturated rings. The topological polar surface area (TPSA) is 26.7 Å². The van der Waals surface area contributed by atoms with Gasteiger partial charge in [-0.15, -0.1) is 0 Å². The largest absolute Gasteiger partial charge is 0.384 e. The standard InChI is InChI=1S/C20H24N2O/c1-4-16-18(5-2)21(3)19-11-12-22(14-17(19)20(16)23)13-15-9-7-6-8-10-15/h4-10,20,23H,1-2,11-14H2,3H3. The molecule has 0 spiro atoms. The van der Waals surface area contributed by atoms with Crippen LogP contribution in [0, 0.1) is 0 Å². The molecule has 2 heterocycles. The van der Waals surface area contributed by atoms with Gasteiger partial charge in [-0.05, 0) is 17.2 Å². The normalized spacial score (nSPS) is 22.2. The predicted octanol–water partition coefficient (Wildman–Crippen LogP) is 3.08. The van der Waals surface area contributed by atoms with Crippen LogP contribution in [0.2, 0.25) is 0 Å². The third kappa shape index (κ3) is 2.90. The van der Waals surface area contributed by atoms with Crippen LogP contribution < -0.4 is 0 Å². The molecule has 1 aromatic rings.